The summed E-state index contributed by atoms with van der Waals surface area (Å²) in [6.45, 7) is -0.290. The van der Waals surface area contributed by atoms with Gasteiger partial charge in [0.15, 0.2) is 17.2 Å². The largest absolute Gasteiger partial charge is 0.504 e. The summed E-state index contributed by atoms with van der Waals surface area (Å²) in [6.07, 6.45) is 0.193. The Bertz CT molecular complexity index is 1080. The van der Waals surface area contributed by atoms with Gasteiger partial charge in [-0.25, -0.2) is 14.6 Å². The lowest BCUT2D eigenvalue weighted by Gasteiger charge is -2.33. The average molecular weight is 486 g/mol. The highest BCUT2D eigenvalue weighted by molar-refractivity contribution is 8.02. The molecule has 4 amide bonds. The zero-order valence-electron chi connectivity index (χ0n) is 16.1. The van der Waals surface area contributed by atoms with Gasteiger partial charge in [0, 0.05) is 12.1 Å². The number of amides is 4. The third-order valence-corrected chi connectivity index (χ3v) is 7.40. The number of carboxylic acid groups (broad SMARTS) is 1. The Morgan fingerprint density at radius 2 is 1.97 bits per heavy atom. The van der Waals surface area contributed by atoms with E-state index in [1.165, 1.54) is 4.90 Å². The number of halogens is 1. The van der Waals surface area contributed by atoms with Gasteiger partial charge in [-0.2, -0.15) is 0 Å². The van der Waals surface area contributed by atoms with Crippen molar-refractivity contribution >= 4 is 52.9 Å². The fraction of sp³-hybridized carbons (Fsp3) is 0.353. The molecule has 0 spiro atoms. The minimum absolute atomic E-state index is 0.0421. The van der Waals surface area contributed by atoms with E-state index in [9.17, 15) is 39.7 Å². The van der Waals surface area contributed by atoms with Gasteiger partial charge in [0.25, 0.3) is 5.91 Å². The Labute approximate surface area is 188 Å². The Balaban J connectivity index is 1.52. The van der Waals surface area contributed by atoms with E-state index in [-0.39, 0.29) is 42.9 Å². The van der Waals surface area contributed by atoms with E-state index >= 15 is 0 Å². The molecule has 15 heteroatoms. The van der Waals surface area contributed by atoms with Gasteiger partial charge in [0.05, 0.1) is 29.9 Å². The maximum Gasteiger partial charge on any atom is 0.342 e. The number of oxime groups is 1. The normalized spacial score (nSPS) is 25.1. The number of carbonyl (C=O) groups is 4. The number of hydrogen-bond acceptors (Lipinski definition) is 9. The molecule has 0 bridgehead atoms. The van der Waals surface area contributed by atoms with Crippen molar-refractivity contribution < 1.29 is 39.7 Å². The second-order valence-corrected chi connectivity index (χ2v) is 8.99. The molecule has 3 aliphatic heterocycles. The monoisotopic (exact) mass is 485 g/mol. The van der Waals surface area contributed by atoms with E-state index in [1.54, 1.807) is 0 Å². The molecule has 0 aliphatic carbocycles. The van der Waals surface area contributed by atoms with Crippen LogP contribution in [0.2, 0.25) is 5.02 Å². The van der Waals surface area contributed by atoms with Gasteiger partial charge < -0.3 is 25.4 Å². The molecule has 3 heterocycles. The summed E-state index contributed by atoms with van der Waals surface area (Å²) in [6, 6.07) is 1.33. The highest BCUT2D eigenvalue weighted by atomic mass is 35.5. The lowest BCUT2D eigenvalue weighted by molar-refractivity contribution is -0.147. The number of β-lactam (4-membered cyclic amide) rings is 1. The van der Waals surface area contributed by atoms with Crippen LogP contribution in [0.3, 0.4) is 0 Å². The van der Waals surface area contributed by atoms with Crippen molar-refractivity contribution in [3.05, 3.63) is 22.7 Å². The highest BCUT2D eigenvalue weighted by Crippen LogP contribution is 2.49. The topological polar surface area (TPSA) is 183 Å². The lowest BCUT2D eigenvalue weighted by Crippen LogP contribution is -2.58. The van der Waals surface area contributed by atoms with Gasteiger partial charge >= 0.3 is 12.0 Å². The first kappa shape index (κ1) is 21.8. The van der Waals surface area contributed by atoms with Crippen molar-refractivity contribution in [1.29, 1.82) is 0 Å². The SMILES string of the molecule is O=C(NN1CCN(C2(C(=O)O)CN3C(=O)CC3S2)C1=O)/C(=N\O)c1ccc(O)c(O)c1Cl. The van der Waals surface area contributed by atoms with Crippen molar-refractivity contribution in [3.63, 3.8) is 0 Å². The molecular formula is C17H16ClN5O8S. The number of aromatic hydroxyl groups is 2. The number of benzene rings is 1. The Kier molecular flexibility index (Phi) is 5.21. The number of nitrogens with zero attached hydrogens (tertiary/aromatic N) is 4. The first-order valence-corrected chi connectivity index (χ1v) is 10.4. The van der Waals surface area contributed by atoms with Crippen LogP contribution in [0.1, 0.15) is 12.0 Å². The number of nitrogens with one attached hydrogen (secondary N) is 1. The van der Waals surface area contributed by atoms with Crippen LogP contribution in [-0.2, 0) is 14.4 Å². The zero-order chi connectivity index (χ0) is 23.4. The summed E-state index contributed by atoms with van der Waals surface area (Å²) in [5.74, 6) is -3.84. The molecule has 1 aromatic rings. The maximum absolute atomic E-state index is 12.9. The number of hydrogen-bond donors (Lipinski definition) is 5. The Morgan fingerprint density at radius 3 is 2.56 bits per heavy atom. The number of phenolic OH excluding ortho intramolecular Hbond substituents is 2. The van der Waals surface area contributed by atoms with E-state index in [0.717, 1.165) is 33.8 Å². The minimum Gasteiger partial charge on any atom is -0.504 e. The molecule has 0 saturated carbocycles. The standard InChI is InChI=1S/C17H16ClN5O8S/c18-11-7(1-2-8(24)13(11)26)12(20-31)14(27)19-23-4-3-22(16(23)30)17(15(28)29)6-21-9(25)5-10(21)32-17/h1-2,10,24,26,31H,3-6H2,(H,19,27)(H,28,29)/b20-12-. The smallest absolute Gasteiger partial charge is 0.342 e. The maximum atomic E-state index is 12.9. The quantitative estimate of drug-likeness (QED) is 0.124. The highest BCUT2D eigenvalue weighted by Gasteiger charge is 2.62. The summed E-state index contributed by atoms with van der Waals surface area (Å²) >= 11 is 6.89. The van der Waals surface area contributed by atoms with Gasteiger partial charge in [-0.3, -0.25) is 19.9 Å². The van der Waals surface area contributed by atoms with E-state index in [4.69, 9.17) is 11.6 Å². The molecule has 2 unspecified atom stereocenters. The molecule has 1 aromatic carbocycles. The predicted molar refractivity (Wildman–Crippen MR) is 108 cm³/mol. The van der Waals surface area contributed by atoms with Gasteiger partial charge in [-0.1, -0.05) is 28.5 Å². The van der Waals surface area contributed by atoms with Crippen LogP contribution in [0.15, 0.2) is 17.3 Å². The molecular weight excluding hydrogens is 470 g/mol. The number of fused-ring (bicyclic) bond motifs is 1. The van der Waals surface area contributed by atoms with Gasteiger partial charge in [-0.05, 0) is 12.1 Å². The third-order valence-electron chi connectivity index (χ3n) is 5.41. The number of urea groups is 1. The number of thioether (sulfide) groups is 1. The molecule has 2 atom stereocenters. The zero-order valence-corrected chi connectivity index (χ0v) is 17.6. The third kappa shape index (κ3) is 3.14. The lowest BCUT2D eigenvalue weighted by atomic mass is 10.1. The number of phenols is 2. The molecule has 32 heavy (non-hydrogen) atoms. The van der Waals surface area contributed by atoms with Crippen molar-refractivity contribution in [3.8, 4) is 11.5 Å². The molecule has 3 aliphatic rings. The molecule has 3 saturated heterocycles. The van der Waals surface area contributed by atoms with Crippen molar-refractivity contribution in [2.24, 2.45) is 5.16 Å². The summed E-state index contributed by atoms with van der Waals surface area (Å²) in [4.78, 5) is 50.1. The fourth-order valence-electron chi connectivity index (χ4n) is 3.71. The van der Waals surface area contributed by atoms with Crippen LogP contribution < -0.4 is 5.43 Å². The van der Waals surface area contributed by atoms with Crippen molar-refractivity contribution in [2.75, 3.05) is 19.6 Å². The second-order valence-electron chi connectivity index (χ2n) is 7.16. The van der Waals surface area contributed by atoms with E-state index < -0.39 is 45.0 Å². The van der Waals surface area contributed by atoms with Crippen LogP contribution in [0.25, 0.3) is 0 Å². The van der Waals surface area contributed by atoms with Crippen LogP contribution >= 0.6 is 23.4 Å². The summed E-state index contributed by atoms with van der Waals surface area (Å²) in [7, 11) is 0. The van der Waals surface area contributed by atoms with E-state index in [2.05, 4.69) is 10.6 Å². The molecule has 4 rings (SSSR count). The molecule has 0 radical (unpaired) electrons. The van der Waals surface area contributed by atoms with Crippen LogP contribution in [0.5, 0.6) is 11.5 Å². The fourth-order valence-corrected chi connectivity index (χ4v) is 5.56. The van der Waals surface area contributed by atoms with Gasteiger partial charge in [0.1, 0.15) is 0 Å². The first-order valence-electron chi connectivity index (χ1n) is 9.14. The van der Waals surface area contributed by atoms with Crippen LogP contribution in [0, 0.1) is 0 Å². The molecule has 3 fully saturated rings. The number of hydrazine groups is 1. The number of aliphatic carboxylic acids is 1. The molecule has 5 N–H and O–H groups in total. The van der Waals surface area contributed by atoms with Gasteiger partial charge in [-0.15, -0.1) is 0 Å². The summed E-state index contributed by atoms with van der Waals surface area (Å²) in [5, 5.41) is 41.3. The molecule has 13 nitrogen and oxygen atoms in total. The van der Waals surface area contributed by atoms with E-state index in [0.29, 0.717) is 0 Å². The Morgan fingerprint density at radius 1 is 1.25 bits per heavy atom. The summed E-state index contributed by atoms with van der Waals surface area (Å²) in [5.41, 5.74) is 1.34. The average Bonchev–Trinajstić information content (AvgIpc) is 3.26. The van der Waals surface area contributed by atoms with Crippen molar-refractivity contribution in [2.45, 2.75) is 16.7 Å². The number of carboxylic acids is 1. The summed E-state index contributed by atoms with van der Waals surface area (Å²) < 4.78 is 0. The van der Waals surface area contributed by atoms with Crippen molar-refractivity contribution in [1.82, 2.24) is 20.2 Å². The van der Waals surface area contributed by atoms with Crippen LogP contribution in [0.4, 0.5) is 4.79 Å². The predicted octanol–water partition coefficient (Wildman–Crippen LogP) is -0.216. The van der Waals surface area contributed by atoms with Gasteiger partial charge in [0.2, 0.25) is 10.8 Å². The second kappa shape index (κ2) is 7.63. The first-order chi connectivity index (χ1) is 15.1. The Hall–Kier alpha value is -3.39. The van der Waals surface area contributed by atoms with E-state index in [1.807, 2.05) is 0 Å². The molecule has 170 valence electrons. The number of carbonyl (C=O) groups excluding carboxylic acids is 3. The van der Waals surface area contributed by atoms with Crippen LogP contribution in [-0.4, -0.2) is 94.7 Å². The molecule has 0 aromatic heterocycles. The minimum atomic E-state index is -1.69. The number of rotatable bonds is 5.